The van der Waals surface area contributed by atoms with Crippen LogP contribution in [0.15, 0.2) is 53.4 Å². The van der Waals surface area contributed by atoms with E-state index < -0.39 is 0 Å². The van der Waals surface area contributed by atoms with Gasteiger partial charge >= 0.3 is 0 Å². The highest BCUT2D eigenvalue weighted by Gasteiger charge is 2.31. The highest BCUT2D eigenvalue weighted by Crippen LogP contribution is 2.38. The van der Waals surface area contributed by atoms with Gasteiger partial charge in [-0.05, 0) is 11.6 Å². The minimum atomic E-state index is -0.230. The molecule has 0 atom stereocenters. The first kappa shape index (κ1) is 15.0. The highest BCUT2D eigenvalue weighted by atomic mass is 16.3. The van der Waals surface area contributed by atoms with Crippen LogP contribution in [0.4, 0.5) is 11.5 Å². The molecule has 1 aromatic heterocycles. The molecule has 5 heteroatoms. The third-order valence-corrected chi connectivity index (χ3v) is 4.90. The number of aromatic nitrogens is 1. The molecule has 1 aromatic carbocycles. The van der Waals surface area contributed by atoms with Crippen molar-refractivity contribution in [3.8, 4) is 0 Å². The van der Waals surface area contributed by atoms with Crippen molar-refractivity contribution in [2.75, 3.05) is 30.1 Å². The molecule has 0 saturated carbocycles. The number of nitrogens with zero attached hydrogens (tertiary/aromatic N) is 3. The summed E-state index contributed by atoms with van der Waals surface area (Å²) in [6.07, 6.45) is 4.08. The molecule has 0 bridgehead atoms. The maximum absolute atomic E-state index is 9.54. The van der Waals surface area contributed by atoms with E-state index >= 15 is 0 Å². The number of allylic oxidation sites excluding steroid dienone is 1. The minimum Gasteiger partial charge on any atom is -0.395 e. The van der Waals surface area contributed by atoms with Gasteiger partial charge in [-0.2, -0.15) is 0 Å². The molecule has 0 aliphatic carbocycles. The first-order valence-corrected chi connectivity index (χ1v) is 8.17. The number of rotatable bonds is 3. The van der Waals surface area contributed by atoms with E-state index in [4.69, 9.17) is 4.99 Å². The zero-order chi connectivity index (χ0) is 16.9. The summed E-state index contributed by atoms with van der Waals surface area (Å²) in [6.45, 7) is 4.86. The quantitative estimate of drug-likeness (QED) is 0.913. The van der Waals surface area contributed by atoms with Crippen molar-refractivity contribution in [3.63, 3.8) is 0 Å². The van der Waals surface area contributed by atoms with E-state index in [-0.39, 0.29) is 12.0 Å². The standard InChI is InChI=1S/C19H22N4O/c1-19(2,11-24)14-6-4-13(5-7-14)17-16-10-22(3)18-15(8-9-20-18)23(16)12-21-17/h4-10,20,24H,11-12H2,1-3H3. The number of benzene rings is 1. The summed E-state index contributed by atoms with van der Waals surface area (Å²) in [6, 6.07) is 10.5. The Morgan fingerprint density at radius 2 is 1.96 bits per heavy atom. The second-order valence-corrected chi connectivity index (χ2v) is 7.03. The number of fused-ring (bicyclic) bond motifs is 3. The predicted molar refractivity (Wildman–Crippen MR) is 97.7 cm³/mol. The van der Waals surface area contributed by atoms with Crippen molar-refractivity contribution in [2.45, 2.75) is 19.3 Å². The number of anilines is 2. The van der Waals surface area contributed by atoms with Gasteiger partial charge < -0.3 is 19.9 Å². The summed E-state index contributed by atoms with van der Waals surface area (Å²) in [5, 5.41) is 9.54. The van der Waals surface area contributed by atoms with Crippen molar-refractivity contribution < 1.29 is 5.11 Å². The summed E-state index contributed by atoms with van der Waals surface area (Å²) >= 11 is 0. The Balaban J connectivity index is 1.67. The Hall–Kier alpha value is -2.53. The first-order chi connectivity index (χ1) is 11.5. The van der Waals surface area contributed by atoms with Crippen LogP contribution < -0.4 is 9.80 Å². The summed E-state index contributed by atoms with van der Waals surface area (Å²) in [5.74, 6) is 1.09. The molecular formula is C19H22N4O. The van der Waals surface area contributed by atoms with Gasteiger partial charge in [-0.25, -0.2) is 0 Å². The molecule has 0 spiro atoms. The van der Waals surface area contributed by atoms with E-state index in [1.54, 1.807) is 0 Å². The van der Waals surface area contributed by atoms with Crippen LogP contribution >= 0.6 is 0 Å². The maximum atomic E-state index is 9.54. The Labute approximate surface area is 141 Å². The van der Waals surface area contributed by atoms with E-state index in [0.717, 1.165) is 34.0 Å². The van der Waals surface area contributed by atoms with Crippen molar-refractivity contribution in [2.24, 2.45) is 4.99 Å². The van der Waals surface area contributed by atoms with Crippen LogP contribution in [-0.2, 0) is 5.41 Å². The summed E-state index contributed by atoms with van der Waals surface area (Å²) in [7, 11) is 2.04. The van der Waals surface area contributed by atoms with Gasteiger partial charge in [0, 0.05) is 30.4 Å². The fraction of sp³-hybridized carbons (Fsp3) is 0.316. The summed E-state index contributed by atoms with van der Waals surface area (Å²) in [5.41, 5.74) is 5.31. The molecule has 2 aliphatic heterocycles. The van der Waals surface area contributed by atoms with Gasteiger partial charge in [0.25, 0.3) is 0 Å². The van der Waals surface area contributed by atoms with Crippen LogP contribution in [-0.4, -0.2) is 36.1 Å². The smallest absolute Gasteiger partial charge is 0.134 e. The van der Waals surface area contributed by atoms with Crippen LogP contribution in [0.2, 0.25) is 0 Å². The molecule has 124 valence electrons. The van der Waals surface area contributed by atoms with Gasteiger partial charge in [0.1, 0.15) is 12.5 Å². The lowest BCUT2D eigenvalue weighted by atomic mass is 9.85. The van der Waals surface area contributed by atoms with Crippen LogP contribution in [0.3, 0.4) is 0 Å². The van der Waals surface area contributed by atoms with Gasteiger partial charge in [-0.15, -0.1) is 0 Å². The van der Waals surface area contributed by atoms with Gasteiger partial charge in [0.2, 0.25) is 0 Å². The number of aliphatic imine (C=N–C) groups is 1. The first-order valence-electron chi connectivity index (χ1n) is 8.17. The third-order valence-electron chi connectivity index (χ3n) is 4.90. The van der Waals surface area contributed by atoms with Crippen molar-refractivity contribution in [3.05, 3.63) is 59.6 Å². The van der Waals surface area contributed by atoms with Crippen molar-refractivity contribution >= 4 is 17.2 Å². The third kappa shape index (κ3) is 2.16. The molecule has 2 aliphatic rings. The molecule has 2 N–H and O–H groups in total. The second-order valence-electron chi connectivity index (χ2n) is 7.03. The van der Waals surface area contributed by atoms with E-state index in [1.165, 1.54) is 0 Å². The molecule has 5 nitrogen and oxygen atoms in total. The minimum absolute atomic E-state index is 0.132. The number of aromatic amines is 1. The van der Waals surface area contributed by atoms with Crippen LogP contribution in [0.25, 0.3) is 0 Å². The molecule has 0 unspecified atom stereocenters. The molecule has 0 saturated heterocycles. The van der Waals surface area contributed by atoms with Crippen LogP contribution in [0.5, 0.6) is 0 Å². The van der Waals surface area contributed by atoms with Crippen molar-refractivity contribution in [1.82, 2.24) is 4.98 Å². The summed E-state index contributed by atoms with van der Waals surface area (Å²) < 4.78 is 0. The van der Waals surface area contributed by atoms with E-state index in [2.05, 4.69) is 51.3 Å². The fourth-order valence-corrected chi connectivity index (χ4v) is 3.27. The Kier molecular flexibility index (Phi) is 3.28. The molecular weight excluding hydrogens is 300 g/mol. The van der Waals surface area contributed by atoms with Crippen LogP contribution in [0, 0.1) is 0 Å². The molecule has 0 fully saturated rings. The normalized spacial score (nSPS) is 16.7. The Morgan fingerprint density at radius 1 is 1.21 bits per heavy atom. The van der Waals surface area contributed by atoms with Crippen molar-refractivity contribution in [1.29, 1.82) is 0 Å². The van der Waals surface area contributed by atoms with E-state index in [1.807, 2.05) is 27.1 Å². The molecule has 0 amide bonds. The van der Waals surface area contributed by atoms with Gasteiger partial charge in [0.05, 0.1) is 23.7 Å². The lowest BCUT2D eigenvalue weighted by Gasteiger charge is -2.29. The van der Waals surface area contributed by atoms with Crippen LogP contribution in [0.1, 0.15) is 25.0 Å². The highest BCUT2D eigenvalue weighted by molar-refractivity contribution is 6.17. The maximum Gasteiger partial charge on any atom is 0.134 e. The average Bonchev–Trinajstić information content (AvgIpc) is 3.21. The number of aliphatic hydroxyl groups is 1. The largest absolute Gasteiger partial charge is 0.395 e. The SMILES string of the molecule is CN1C=C2C(c3ccc(C(C)(C)CO)cc3)=NCN2c2cc[nH]c21. The molecule has 3 heterocycles. The monoisotopic (exact) mass is 322 g/mol. The molecule has 24 heavy (non-hydrogen) atoms. The zero-order valence-corrected chi connectivity index (χ0v) is 14.2. The van der Waals surface area contributed by atoms with Gasteiger partial charge in [-0.1, -0.05) is 38.1 Å². The molecule has 4 rings (SSSR count). The number of hydrogen-bond donors (Lipinski definition) is 2. The lowest BCUT2D eigenvalue weighted by Crippen LogP contribution is -2.29. The number of H-pyrrole nitrogens is 1. The average molecular weight is 322 g/mol. The molecule has 2 aromatic rings. The Morgan fingerprint density at radius 3 is 2.67 bits per heavy atom. The fourth-order valence-electron chi connectivity index (χ4n) is 3.27. The van der Waals surface area contributed by atoms with E-state index in [9.17, 15) is 5.11 Å². The zero-order valence-electron chi connectivity index (χ0n) is 14.2. The topological polar surface area (TPSA) is 54.9 Å². The van der Waals surface area contributed by atoms with Gasteiger partial charge in [-0.3, -0.25) is 4.99 Å². The number of hydrogen-bond acceptors (Lipinski definition) is 4. The number of nitrogens with one attached hydrogen (secondary N) is 1. The summed E-state index contributed by atoms with van der Waals surface area (Å²) in [4.78, 5) is 12.4. The predicted octanol–water partition coefficient (Wildman–Crippen LogP) is 2.84. The van der Waals surface area contributed by atoms with E-state index in [0.29, 0.717) is 6.67 Å². The Bertz CT molecular complexity index is 829. The molecule has 0 radical (unpaired) electrons. The number of aliphatic hydroxyl groups excluding tert-OH is 1. The second kappa shape index (κ2) is 5.24. The lowest BCUT2D eigenvalue weighted by molar-refractivity contribution is 0.218. The van der Waals surface area contributed by atoms with Gasteiger partial charge in [0.15, 0.2) is 0 Å².